The van der Waals surface area contributed by atoms with Gasteiger partial charge in [-0.15, -0.1) is 0 Å². The van der Waals surface area contributed by atoms with Crippen LogP contribution in [-0.2, 0) is 0 Å². The molecular formula is C15H21FN2. The highest BCUT2D eigenvalue weighted by atomic mass is 19.1. The lowest BCUT2D eigenvalue weighted by Crippen LogP contribution is -2.43. The second-order valence-electron chi connectivity index (χ2n) is 4.81. The summed E-state index contributed by atoms with van der Waals surface area (Å²) in [6.07, 6.45) is 2.10. The third kappa shape index (κ3) is 3.93. The summed E-state index contributed by atoms with van der Waals surface area (Å²) in [5, 5.41) is 3.35. The van der Waals surface area contributed by atoms with E-state index in [1.165, 1.54) is 12.1 Å². The van der Waals surface area contributed by atoms with Crippen LogP contribution >= 0.6 is 0 Å². The van der Waals surface area contributed by atoms with Gasteiger partial charge in [0.25, 0.3) is 0 Å². The van der Waals surface area contributed by atoms with Crippen molar-refractivity contribution in [2.45, 2.75) is 12.8 Å². The molecule has 1 N–H and O–H groups in total. The number of piperazine rings is 1. The summed E-state index contributed by atoms with van der Waals surface area (Å²) in [5.74, 6) is -0.188. The minimum atomic E-state index is -0.188. The minimum absolute atomic E-state index is 0.188. The molecule has 0 spiro atoms. The lowest BCUT2D eigenvalue weighted by atomic mass is 10.0. The molecule has 1 heterocycles. The van der Waals surface area contributed by atoms with Crippen molar-refractivity contribution in [3.8, 4) is 0 Å². The topological polar surface area (TPSA) is 15.3 Å². The molecule has 98 valence electrons. The Morgan fingerprint density at radius 2 is 1.89 bits per heavy atom. The fourth-order valence-electron chi connectivity index (χ4n) is 2.28. The maximum absolute atomic E-state index is 12.8. The zero-order chi connectivity index (χ0) is 12.8. The molecule has 1 saturated heterocycles. The van der Waals surface area contributed by atoms with Gasteiger partial charge >= 0.3 is 0 Å². The van der Waals surface area contributed by atoms with E-state index in [0.717, 1.165) is 56.7 Å². The quantitative estimate of drug-likeness (QED) is 0.861. The number of rotatable bonds is 5. The van der Waals surface area contributed by atoms with Gasteiger partial charge in [0.15, 0.2) is 0 Å². The second kappa shape index (κ2) is 6.66. The van der Waals surface area contributed by atoms with E-state index in [2.05, 4.69) is 16.8 Å². The highest BCUT2D eigenvalue weighted by Gasteiger charge is 2.08. The third-order valence-electron chi connectivity index (χ3n) is 3.41. The Kier molecular flexibility index (Phi) is 4.90. The van der Waals surface area contributed by atoms with Gasteiger partial charge in [0.1, 0.15) is 5.82 Å². The van der Waals surface area contributed by atoms with Crippen LogP contribution in [0.15, 0.2) is 30.8 Å². The van der Waals surface area contributed by atoms with Crippen LogP contribution in [0, 0.1) is 5.82 Å². The Labute approximate surface area is 108 Å². The Hall–Kier alpha value is -1.19. The lowest BCUT2D eigenvalue weighted by Gasteiger charge is -2.27. The van der Waals surface area contributed by atoms with Crippen LogP contribution in [0.25, 0.3) is 5.57 Å². The summed E-state index contributed by atoms with van der Waals surface area (Å²) in [6.45, 7) is 9.69. The molecule has 0 atom stereocenters. The van der Waals surface area contributed by atoms with E-state index in [0.29, 0.717) is 0 Å². The van der Waals surface area contributed by atoms with Gasteiger partial charge in [0.05, 0.1) is 0 Å². The molecule has 1 aromatic rings. The van der Waals surface area contributed by atoms with Crippen LogP contribution in [0.2, 0.25) is 0 Å². The third-order valence-corrected chi connectivity index (χ3v) is 3.41. The van der Waals surface area contributed by atoms with Crippen molar-refractivity contribution < 1.29 is 4.39 Å². The zero-order valence-corrected chi connectivity index (χ0v) is 10.8. The summed E-state index contributed by atoms with van der Waals surface area (Å²) in [5.41, 5.74) is 2.15. The van der Waals surface area contributed by atoms with Crippen molar-refractivity contribution in [1.29, 1.82) is 0 Å². The van der Waals surface area contributed by atoms with Gasteiger partial charge in [-0.2, -0.15) is 0 Å². The van der Waals surface area contributed by atoms with Gasteiger partial charge in [0.2, 0.25) is 0 Å². The largest absolute Gasteiger partial charge is 0.314 e. The van der Waals surface area contributed by atoms with E-state index in [1.54, 1.807) is 0 Å². The molecule has 0 saturated carbocycles. The molecule has 1 aliphatic rings. The van der Waals surface area contributed by atoms with E-state index in [1.807, 2.05) is 12.1 Å². The molecule has 0 amide bonds. The summed E-state index contributed by atoms with van der Waals surface area (Å²) in [6, 6.07) is 6.61. The first-order valence-corrected chi connectivity index (χ1v) is 6.62. The van der Waals surface area contributed by atoms with Crippen molar-refractivity contribution in [3.63, 3.8) is 0 Å². The molecule has 0 aromatic heterocycles. The molecule has 3 heteroatoms. The van der Waals surface area contributed by atoms with Crippen molar-refractivity contribution in [2.24, 2.45) is 0 Å². The number of allylic oxidation sites excluding steroid dienone is 1. The van der Waals surface area contributed by atoms with E-state index >= 15 is 0 Å². The number of hydrogen-bond donors (Lipinski definition) is 1. The predicted molar refractivity (Wildman–Crippen MR) is 74.0 cm³/mol. The van der Waals surface area contributed by atoms with Crippen LogP contribution in [-0.4, -0.2) is 37.6 Å². The molecule has 0 aliphatic carbocycles. The maximum atomic E-state index is 12.8. The second-order valence-corrected chi connectivity index (χ2v) is 4.81. The molecule has 0 unspecified atom stereocenters. The first-order chi connectivity index (χ1) is 8.75. The monoisotopic (exact) mass is 248 g/mol. The molecular weight excluding hydrogens is 227 g/mol. The Balaban J connectivity index is 1.72. The molecule has 1 fully saturated rings. The maximum Gasteiger partial charge on any atom is 0.123 e. The zero-order valence-electron chi connectivity index (χ0n) is 10.8. The molecule has 1 aliphatic heterocycles. The number of nitrogens with zero attached hydrogens (tertiary/aromatic N) is 1. The normalized spacial score (nSPS) is 16.7. The number of hydrogen-bond acceptors (Lipinski definition) is 2. The average molecular weight is 248 g/mol. The van der Waals surface area contributed by atoms with Gasteiger partial charge < -0.3 is 10.2 Å². The molecule has 0 bridgehead atoms. The average Bonchev–Trinajstić information content (AvgIpc) is 2.40. The molecule has 0 radical (unpaired) electrons. The van der Waals surface area contributed by atoms with Gasteiger partial charge in [0, 0.05) is 26.2 Å². The summed E-state index contributed by atoms with van der Waals surface area (Å²) in [7, 11) is 0. The van der Waals surface area contributed by atoms with Gasteiger partial charge in [-0.1, -0.05) is 18.7 Å². The first-order valence-electron chi connectivity index (χ1n) is 6.62. The van der Waals surface area contributed by atoms with Crippen LogP contribution in [0.3, 0.4) is 0 Å². The minimum Gasteiger partial charge on any atom is -0.314 e. The van der Waals surface area contributed by atoms with Gasteiger partial charge in [-0.05, 0) is 42.7 Å². The summed E-state index contributed by atoms with van der Waals surface area (Å²) >= 11 is 0. The van der Waals surface area contributed by atoms with Crippen molar-refractivity contribution in [3.05, 3.63) is 42.2 Å². The number of nitrogens with one attached hydrogen (secondary N) is 1. The van der Waals surface area contributed by atoms with Crippen molar-refractivity contribution >= 4 is 5.57 Å². The first kappa shape index (κ1) is 13.2. The van der Waals surface area contributed by atoms with E-state index < -0.39 is 0 Å². The smallest absolute Gasteiger partial charge is 0.123 e. The molecule has 2 rings (SSSR count). The highest BCUT2D eigenvalue weighted by molar-refractivity contribution is 5.62. The Morgan fingerprint density at radius 3 is 2.56 bits per heavy atom. The standard InChI is InChI=1S/C15H21FN2/c1-13(14-4-6-15(16)7-5-14)3-2-10-18-11-8-17-9-12-18/h4-7,17H,1-3,8-12H2. The van der Waals surface area contributed by atoms with Crippen molar-refractivity contribution in [2.75, 3.05) is 32.7 Å². The number of benzene rings is 1. The highest BCUT2D eigenvalue weighted by Crippen LogP contribution is 2.18. The number of halogens is 1. The summed E-state index contributed by atoms with van der Waals surface area (Å²) < 4.78 is 12.8. The molecule has 1 aromatic carbocycles. The Bertz CT molecular complexity index is 380. The SMILES string of the molecule is C=C(CCCN1CCNCC1)c1ccc(F)cc1. The van der Waals surface area contributed by atoms with Crippen LogP contribution in [0.1, 0.15) is 18.4 Å². The predicted octanol–water partition coefficient (Wildman–Crippen LogP) is 2.52. The van der Waals surface area contributed by atoms with Crippen LogP contribution in [0.5, 0.6) is 0 Å². The lowest BCUT2D eigenvalue weighted by molar-refractivity contribution is 0.239. The fraction of sp³-hybridized carbons (Fsp3) is 0.467. The molecule has 18 heavy (non-hydrogen) atoms. The van der Waals surface area contributed by atoms with E-state index in [4.69, 9.17) is 0 Å². The van der Waals surface area contributed by atoms with Crippen molar-refractivity contribution in [1.82, 2.24) is 10.2 Å². The van der Waals surface area contributed by atoms with Gasteiger partial charge in [-0.25, -0.2) is 4.39 Å². The van der Waals surface area contributed by atoms with E-state index in [9.17, 15) is 4.39 Å². The summed E-state index contributed by atoms with van der Waals surface area (Å²) in [4.78, 5) is 2.48. The van der Waals surface area contributed by atoms with Gasteiger partial charge in [-0.3, -0.25) is 0 Å². The van der Waals surface area contributed by atoms with E-state index in [-0.39, 0.29) is 5.82 Å². The molecule has 2 nitrogen and oxygen atoms in total. The Morgan fingerprint density at radius 1 is 1.22 bits per heavy atom. The fourth-order valence-corrected chi connectivity index (χ4v) is 2.28. The van der Waals surface area contributed by atoms with Crippen LogP contribution in [0.4, 0.5) is 4.39 Å². The van der Waals surface area contributed by atoms with Crippen LogP contribution < -0.4 is 5.32 Å².